The van der Waals surface area contributed by atoms with Gasteiger partial charge < -0.3 is 0 Å². The van der Waals surface area contributed by atoms with Crippen LogP contribution in [0, 0.1) is 17.8 Å². The Morgan fingerprint density at radius 2 is 2.10 bits per heavy atom. The molecule has 0 amide bonds. The molecule has 2 aliphatic carbocycles. The summed E-state index contributed by atoms with van der Waals surface area (Å²) in [5, 5.41) is 0. The Labute approximate surface area is 125 Å². The highest BCUT2D eigenvalue weighted by atomic mass is 14.2. The van der Waals surface area contributed by atoms with Crippen molar-refractivity contribution >= 4 is 0 Å². The third-order valence-corrected chi connectivity index (χ3v) is 4.50. The second kappa shape index (κ2) is 7.67. The van der Waals surface area contributed by atoms with Gasteiger partial charge in [0.2, 0.25) is 0 Å². The number of allylic oxidation sites excluding steroid dienone is 8. The van der Waals surface area contributed by atoms with Gasteiger partial charge in [-0.05, 0) is 74.3 Å². The Morgan fingerprint density at radius 3 is 2.70 bits per heavy atom. The van der Waals surface area contributed by atoms with Gasteiger partial charge in [0.1, 0.15) is 0 Å². The third kappa shape index (κ3) is 4.51. The Balaban J connectivity index is 2.13. The molecular weight excluding hydrogens is 240 g/mol. The quantitative estimate of drug-likeness (QED) is 0.520. The van der Waals surface area contributed by atoms with Crippen LogP contribution < -0.4 is 0 Å². The normalized spacial score (nSPS) is 24.9. The largest absolute Gasteiger partial charge is 0.0882 e. The van der Waals surface area contributed by atoms with Gasteiger partial charge in [-0.3, -0.25) is 0 Å². The van der Waals surface area contributed by atoms with Crippen molar-refractivity contribution < 1.29 is 0 Å². The summed E-state index contributed by atoms with van der Waals surface area (Å²) in [6.45, 7) is 6.99. The predicted molar refractivity (Wildman–Crippen MR) is 89.6 cm³/mol. The maximum Gasteiger partial charge on any atom is -0.0162 e. The Morgan fingerprint density at radius 1 is 1.25 bits per heavy atom. The van der Waals surface area contributed by atoms with Gasteiger partial charge in [0.05, 0.1) is 0 Å². The highest BCUT2D eigenvalue weighted by molar-refractivity contribution is 5.40. The first-order valence-corrected chi connectivity index (χ1v) is 8.39. The molecular formula is C20H30. The van der Waals surface area contributed by atoms with Crippen LogP contribution in [0.4, 0.5) is 0 Å². The number of hydrogen-bond acceptors (Lipinski definition) is 0. The lowest BCUT2D eigenvalue weighted by Crippen LogP contribution is -2.15. The lowest BCUT2D eigenvalue weighted by atomic mass is 9.78. The molecule has 2 unspecified atom stereocenters. The highest BCUT2D eigenvalue weighted by Gasteiger charge is 2.20. The summed E-state index contributed by atoms with van der Waals surface area (Å²) < 4.78 is 0. The molecule has 0 saturated heterocycles. The van der Waals surface area contributed by atoms with Gasteiger partial charge in [-0.25, -0.2) is 0 Å². The smallest absolute Gasteiger partial charge is 0.0162 e. The van der Waals surface area contributed by atoms with Gasteiger partial charge in [0, 0.05) is 0 Å². The minimum atomic E-state index is 0.711. The number of rotatable bonds is 5. The van der Waals surface area contributed by atoms with E-state index in [1.165, 1.54) is 49.7 Å². The van der Waals surface area contributed by atoms with Crippen molar-refractivity contribution in [3.05, 3.63) is 47.6 Å². The molecule has 0 heterocycles. The molecule has 0 aromatic heterocycles. The van der Waals surface area contributed by atoms with Crippen LogP contribution in [0.15, 0.2) is 47.6 Å². The molecule has 0 fully saturated rings. The second-order valence-electron chi connectivity index (χ2n) is 6.81. The third-order valence-electron chi connectivity index (χ3n) is 4.50. The fraction of sp³-hybridized carbons (Fsp3) is 0.600. The lowest BCUT2D eigenvalue weighted by molar-refractivity contribution is 0.356. The zero-order chi connectivity index (χ0) is 14.4. The summed E-state index contributed by atoms with van der Waals surface area (Å²) >= 11 is 0. The summed E-state index contributed by atoms with van der Waals surface area (Å²) in [7, 11) is 0. The van der Waals surface area contributed by atoms with Crippen LogP contribution in [-0.4, -0.2) is 0 Å². The SMILES string of the molecule is C/C(=C\C(CC(C)C)C1C=CCCC1)C1=CCCC=C1. The molecule has 0 aromatic carbocycles. The summed E-state index contributed by atoms with van der Waals surface area (Å²) in [4.78, 5) is 0. The molecule has 0 spiro atoms. The van der Waals surface area contributed by atoms with Crippen molar-refractivity contribution in [3.63, 3.8) is 0 Å². The first-order chi connectivity index (χ1) is 9.66. The lowest BCUT2D eigenvalue weighted by Gasteiger charge is -2.27. The maximum absolute atomic E-state index is 2.56. The zero-order valence-electron chi connectivity index (χ0n) is 13.4. The molecule has 0 saturated carbocycles. The van der Waals surface area contributed by atoms with Crippen molar-refractivity contribution in [2.75, 3.05) is 0 Å². The summed E-state index contributed by atoms with van der Waals surface area (Å²) in [5.74, 6) is 2.24. The average molecular weight is 270 g/mol. The van der Waals surface area contributed by atoms with Crippen LogP contribution >= 0.6 is 0 Å². The highest BCUT2D eigenvalue weighted by Crippen LogP contribution is 2.32. The van der Waals surface area contributed by atoms with Crippen molar-refractivity contribution in [2.45, 2.75) is 59.3 Å². The van der Waals surface area contributed by atoms with Crippen LogP contribution in [0.2, 0.25) is 0 Å². The van der Waals surface area contributed by atoms with Gasteiger partial charge >= 0.3 is 0 Å². The van der Waals surface area contributed by atoms with E-state index in [4.69, 9.17) is 0 Å². The van der Waals surface area contributed by atoms with Crippen LogP contribution in [-0.2, 0) is 0 Å². The van der Waals surface area contributed by atoms with E-state index in [1.54, 1.807) is 0 Å². The fourth-order valence-corrected chi connectivity index (χ4v) is 3.43. The van der Waals surface area contributed by atoms with Crippen LogP contribution in [0.1, 0.15) is 59.3 Å². The van der Waals surface area contributed by atoms with Crippen molar-refractivity contribution in [3.8, 4) is 0 Å². The molecule has 2 atom stereocenters. The molecule has 20 heavy (non-hydrogen) atoms. The molecule has 110 valence electrons. The van der Waals surface area contributed by atoms with E-state index >= 15 is 0 Å². The summed E-state index contributed by atoms with van der Waals surface area (Å²) in [6, 6.07) is 0. The number of hydrogen-bond donors (Lipinski definition) is 0. The van der Waals surface area contributed by atoms with Crippen LogP contribution in [0.5, 0.6) is 0 Å². The van der Waals surface area contributed by atoms with Crippen LogP contribution in [0.3, 0.4) is 0 Å². The fourth-order valence-electron chi connectivity index (χ4n) is 3.43. The Bertz CT molecular complexity index is 417. The molecule has 0 aromatic rings. The van der Waals surface area contributed by atoms with E-state index in [-0.39, 0.29) is 0 Å². The van der Waals surface area contributed by atoms with E-state index in [9.17, 15) is 0 Å². The first kappa shape index (κ1) is 15.4. The molecule has 2 aliphatic rings. The molecule has 0 radical (unpaired) electrons. The summed E-state index contributed by atoms with van der Waals surface area (Å²) in [6.07, 6.45) is 22.2. The maximum atomic E-state index is 2.56. The van der Waals surface area contributed by atoms with Crippen molar-refractivity contribution in [1.82, 2.24) is 0 Å². The van der Waals surface area contributed by atoms with E-state index in [2.05, 4.69) is 57.2 Å². The molecule has 0 nitrogen and oxygen atoms in total. The molecule has 0 aliphatic heterocycles. The van der Waals surface area contributed by atoms with E-state index in [0.717, 1.165) is 11.8 Å². The average Bonchev–Trinajstić information content (AvgIpc) is 2.48. The molecule has 0 bridgehead atoms. The molecule has 0 N–H and O–H groups in total. The van der Waals surface area contributed by atoms with E-state index in [0.29, 0.717) is 5.92 Å². The predicted octanol–water partition coefficient (Wildman–Crippen LogP) is 6.23. The molecule has 0 heteroatoms. The van der Waals surface area contributed by atoms with E-state index < -0.39 is 0 Å². The van der Waals surface area contributed by atoms with Gasteiger partial charge in [0.25, 0.3) is 0 Å². The molecule has 2 rings (SSSR count). The second-order valence-corrected chi connectivity index (χ2v) is 6.81. The Hall–Kier alpha value is -1.04. The first-order valence-electron chi connectivity index (χ1n) is 8.39. The van der Waals surface area contributed by atoms with Gasteiger partial charge in [0.15, 0.2) is 0 Å². The van der Waals surface area contributed by atoms with Crippen LogP contribution in [0.25, 0.3) is 0 Å². The zero-order valence-corrected chi connectivity index (χ0v) is 13.4. The summed E-state index contributed by atoms with van der Waals surface area (Å²) in [5.41, 5.74) is 2.93. The van der Waals surface area contributed by atoms with Crippen molar-refractivity contribution in [2.24, 2.45) is 17.8 Å². The van der Waals surface area contributed by atoms with Gasteiger partial charge in [-0.2, -0.15) is 0 Å². The monoisotopic (exact) mass is 270 g/mol. The topological polar surface area (TPSA) is 0 Å². The minimum Gasteiger partial charge on any atom is -0.0882 e. The van der Waals surface area contributed by atoms with Gasteiger partial charge in [-0.1, -0.05) is 50.3 Å². The Kier molecular flexibility index (Phi) is 5.88. The van der Waals surface area contributed by atoms with E-state index in [1.807, 2.05) is 0 Å². The standard InChI is InChI=1S/C20H30/c1-16(2)14-20(19-12-8-5-9-13-19)15-17(3)18-10-6-4-7-11-18/h6,8,10-12,15-16,19-20H,4-5,7,9,13-14H2,1-3H3/b17-15+. The minimum absolute atomic E-state index is 0.711. The van der Waals surface area contributed by atoms with Crippen molar-refractivity contribution in [1.29, 1.82) is 0 Å². The van der Waals surface area contributed by atoms with Gasteiger partial charge in [-0.15, -0.1) is 0 Å².